The maximum absolute atomic E-state index is 14.5. The van der Waals surface area contributed by atoms with E-state index in [0.717, 1.165) is 20.7 Å². The molecule has 564 valence electrons. The lowest BCUT2D eigenvalue weighted by atomic mass is 9.89. The van der Waals surface area contributed by atoms with Crippen LogP contribution in [-0.4, -0.2) is 142 Å². The first-order valence-corrected chi connectivity index (χ1v) is 44.4. The zero-order valence-electron chi connectivity index (χ0n) is 61.4. The van der Waals surface area contributed by atoms with Crippen molar-refractivity contribution >= 4 is 127 Å². The van der Waals surface area contributed by atoms with E-state index >= 15 is 0 Å². The predicted molar refractivity (Wildman–Crippen MR) is 426 cm³/mol. The number of nitrogens with zero attached hydrogens (tertiary/aromatic N) is 2. The summed E-state index contributed by atoms with van der Waals surface area (Å²) in [5.74, 6) is -3.40. The van der Waals surface area contributed by atoms with E-state index in [1.165, 1.54) is 14.2 Å². The Bertz CT molecular complexity index is 4120. The molecule has 0 N–H and O–H groups in total. The number of carbonyl (C=O) groups excluding carboxylic acids is 4. The van der Waals surface area contributed by atoms with Gasteiger partial charge >= 0.3 is 11.9 Å². The molecule has 106 heavy (non-hydrogen) atoms. The molecule has 0 radical (unpaired) electrons. The van der Waals surface area contributed by atoms with Gasteiger partial charge in [0.15, 0.2) is 19.7 Å². The van der Waals surface area contributed by atoms with Crippen molar-refractivity contribution in [1.29, 1.82) is 0 Å². The third-order valence-electron chi connectivity index (χ3n) is 19.7. The Morgan fingerprint density at radius 1 is 0.434 bits per heavy atom. The van der Waals surface area contributed by atoms with E-state index in [4.69, 9.17) is 74.2 Å². The number of morpholine rings is 2. The first kappa shape index (κ1) is 83.0. The van der Waals surface area contributed by atoms with Crippen molar-refractivity contribution in [3.63, 3.8) is 0 Å². The van der Waals surface area contributed by atoms with Gasteiger partial charge in [-0.15, -0.1) is 0 Å². The minimum atomic E-state index is -3.82. The van der Waals surface area contributed by atoms with Crippen LogP contribution in [-0.2, 0) is 66.7 Å². The predicted octanol–water partition coefficient (Wildman–Crippen LogP) is 14.7. The zero-order chi connectivity index (χ0) is 76.8. The zero-order valence-corrected chi connectivity index (χ0v) is 68.1. The Kier molecular flexibility index (Phi) is 28.6. The second-order valence-electron chi connectivity index (χ2n) is 28.6. The standard InChI is InChI=1S/2C41H47Cl2NO7SSi/c2*1-6-33(28-52(47,48)25-24-50-53(41(2,3)4,34-16-9-7-10-17-34)35-18-11-8-12-19-35)44-38(29-20-22-31(42)23-21-29)39(30-14-13-15-32(43)26-30)51-36(40(44)46)27-37(45)49-5/h2*7-23,26,33,36,38-39H,6,24-25,27-28H2,1-5H3/t33-,36+,38+,39+;33-,36-,38+,39+/m00/s1. The number of methoxy groups -OCH3 is 2. The molecule has 8 aromatic carbocycles. The topological polar surface area (TPSA) is 198 Å². The molecule has 2 aliphatic rings. The summed E-state index contributed by atoms with van der Waals surface area (Å²) < 4.78 is 93.4. The molecule has 2 saturated heterocycles. The number of halogens is 4. The lowest BCUT2D eigenvalue weighted by Crippen LogP contribution is -2.66. The van der Waals surface area contributed by atoms with Crippen molar-refractivity contribution in [3.05, 3.63) is 261 Å². The van der Waals surface area contributed by atoms with E-state index in [-0.39, 0.29) is 59.1 Å². The molecule has 2 fully saturated rings. The summed E-state index contributed by atoms with van der Waals surface area (Å²) in [5.41, 5.74) is 2.72. The second kappa shape index (κ2) is 36.5. The number of hydrogen-bond donors (Lipinski definition) is 0. The molecular formula is C82H94Cl4N2O14S2Si2. The molecule has 0 saturated carbocycles. The molecule has 2 amide bonds. The molecule has 0 aliphatic carbocycles. The maximum atomic E-state index is 14.5. The van der Waals surface area contributed by atoms with Gasteiger partial charge in [-0.3, -0.25) is 19.2 Å². The van der Waals surface area contributed by atoms with Crippen LogP contribution in [0, 0.1) is 0 Å². The SMILES string of the molecule is CC[C@@H](CS(=O)(=O)CCO[Si](c1ccccc1)(c1ccccc1)C(C)(C)C)N1C(=O)[C@@H](CC(=O)OC)O[C@H](c2cccc(Cl)c2)[C@H]1c1ccc(Cl)cc1.CC[C@@H](CS(=O)(=O)CCO[Si](c1ccccc1)(c1ccccc1)C(C)(C)C)N1C(=O)[C@H](CC(=O)OC)O[C@H](c2cccc(Cl)c2)[C@H]1c1ccc(Cl)cc1. The minimum Gasteiger partial charge on any atom is -0.469 e. The number of sulfone groups is 2. The van der Waals surface area contributed by atoms with Gasteiger partial charge < -0.3 is 37.6 Å². The van der Waals surface area contributed by atoms with Gasteiger partial charge in [0, 0.05) is 45.4 Å². The van der Waals surface area contributed by atoms with Gasteiger partial charge in [-0.25, -0.2) is 16.8 Å². The van der Waals surface area contributed by atoms with Crippen LogP contribution in [0.2, 0.25) is 30.2 Å². The highest BCUT2D eigenvalue weighted by molar-refractivity contribution is 7.91. The van der Waals surface area contributed by atoms with Crippen molar-refractivity contribution in [2.24, 2.45) is 0 Å². The molecule has 0 bridgehead atoms. The van der Waals surface area contributed by atoms with Crippen LogP contribution >= 0.6 is 46.4 Å². The van der Waals surface area contributed by atoms with Gasteiger partial charge in [0.2, 0.25) is 0 Å². The molecule has 16 nitrogen and oxygen atoms in total. The summed E-state index contributed by atoms with van der Waals surface area (Å²) in [4.78, 5) is 57.2. The average molecular weight is 1590 g/mol. The smallest absolute Gasteiger partial charge is 0.308 e. The molecule has 8 aromatic rings. The van der Waals surface area contributed by atoms with Crippen LogP contribution in [0.1, 0.15) is 128 Å². The van der Waals surface area contributed by atoms with E-state index in [9.17, 15) is 36.0 Å². The van der Waals surface area contributed by atoms with Crippen molar-refractivity contribution in [1.82, 2.24) is 9.80 Å². The van der Waals surface area contributed by atoms with Crippen LogP contribution in [0.5, 0.6) is 0 Å². The summed E-state index contributed by atoms with van der Waals surface area (Å²) in [6.45, 7) is 16.5. The van der Waals surface area contributed by atoms with Crippen LogP contribution in [0.3, 0.4) is 0 Å². The number of ether oxygens (including phenoxy) is 4. The fourth-order valence-electron chi connectivity index (χ4n) is 14.7. The van der Waals surface area contributed by atoms with Gasteiger partial charge in [-0.2, -0.15) is 0 Å². The lowest BCUT2D eigenvalue weighted by Gasteiger charge is -2.48. The summed E-state index contributed by atoms with van der Waals surface area (Å²) in [6, 6.07) is 65.4. The van der Waals surface area contributed by atoms with Gasteiger partial charge in [-0.1, -0.05) is 272 Å². The third-order valence-corrected chi connectivity index (χ3v) is 34.1. The van der Waals surface area contributed by atoms with Gasteiger partial charge in [-0.05, 0) is 114 Å². The monoisotopic (exact) mass is 1590 g/mol. The minimum absolute atomic E-state index is 0.0280. The van der Waals surface area contributed by atoms with Crippen molar-refractivity contribution in [2.45, 2.75) is 140 Å². The number of esters is 2. The highest BCUT2D eigenvalue weighted by Gasteiger charge is 2.54. The number of hydrogen-bond acceptors (Lipinski definition) is 14. The van der Waals surface area contributed by atoms with Crippen LogP contribution < -0.4 is 20.7 Å². The van der Waals surface area contributed by atoms with Crippen LogP contribution in [0.15, 0.2) is 218 Å². The molecule has 2 heterocycles. The van der Waals surface area contributed by atoms with E-state index in [1.54, 1.807) is 94.7 Å². The van der Waals surface area contributed by atoms with Gasteiger partial charge in [0.1, 0.15) is 24.4 Å². The Labute approximate surface area is 647 Å². The number of carbonyl (C=O) groups is 4. The van der Waals surface area contributed by atoms with Crippen molar-refractivity contribution in [2.75, 3.05) is 50.4 Å². The Hall–Kier alpha value is -7.03. The van der Waals surface area contributed by atoms with E-state index in [2.05, 4.69) is 90.1 Å². The van der Waals surface area contributed by atoms with Crippen molar-refractivity contribution in [3.8, 4) is 0 Å². The Morgan fingerprint density at radius 2 is 0.736 bits per heavy atom. The second-order valence-corrected chi connectivity index (χ2v) is 43.4. The number of amides is 2. The quantitative estimate of drug-likeness (QED) is 0.0331. The normalized spacial score (nSPS) is 18.8. The largest absolute Gasteiger partial charge is 0.469 e. The summed E-state index contributed by atoms with van der Waals surface area (Å²) in [7, 11) is -11.1. The molecular weight excluding hydrogens is 1500 g/mol. The fraction of sp³-hybridized carbons (Fsp3) is 0.366. The first-order chi connectivity index (χ1) is 50.4. The van der Waals surface area contributed by atoms with Crippen LogP contribution in [0.4, 0.5) is 0 Å². The maximum Gasteiger partial charge on any atom is 0.308 e. The summed E-state index contributed by atoms with van der Waals surface area (Å²) in [5, 5.41) is 5.47. The van der Waals surface area contributed by atoms with E-state index in [1.807, 2.05) is 98.8 Å². The Morgan fingerprint density at radius 3 is 1.00 bits per heavy atom. The lowest BCUT2D eigenvalue weighted by molar-refractivity contribution is -0.183. The molecule has 2 aliphatic heterocycles. The molecule has 8 atom stereocenters. The molecule has 24 heteroatoms. The third kappa shape index (κ3) is 19.7. The van der Waals surface area contributed by atoms with Gasteiger partial charge in [0.05, 0.1) is 62.2 Å². The van der Waals surface area contributed by atoms with E-state index in [0.29, 0.717) is 55.2 Å². The molecule has 0 unspecified atom stereocenters. The summed E-state index contributed by atoms with van der Waals surface area (Å²) in [6.07, 6.45) is -4.07. The van der Waals surface area contributed by atoms with E-state index < -0.39 is 109 Å². The Balaban J connectivity index is 0.000000245. The molecule has 10 rings (SSSR count). The van der Waals surface area contributed by atoms with Crippen molar-refractivity contribution < 1.29 is 63.8 Å². The first-order valence-electron chi connectivity index (χ1n) is 35.4. The highest BCUT2D eigenvalue weighted by Crippen LogP contribution is 2.48. The molecule has 0 aromatic heterocycles. The number of rotatable bonds is 28. The highest BCUT2D eigenvalue weighted by atomic mass is 35.5. The van der Waals surface area contributed by atoms with Gasteiger partial charge in [0.25, 0.3) is 28.4 Å². The average Bonchev–Trinajstić information content (AvgIpc) is 0.758. The molecule has 0 spiro atoms. The summed E-state index contributed by atoms with van der Waals surface area (Å²) >= 11 is 25.4. The fourth-order valence-corrected chi connectivity index (χ4v) is 27.7. The van der Waals surface area contributed by atoms with Crippen LogP contribution in [0.25, 0.3) is 0 Å². The number of benzene rings is 8.